The SMILES string of the molecule is COc1ccc2c(c1)CCc1c(C(=O)Nc3sc4c(c3C#N)CC[C@@H](C(C)(C)C)C4)noc1-2. The lowest BCUT2D eigenvalue weighted by Gasteiger charge is -2.33. The lowest BCUT2D eigenvalue weighted by Crippen LogP contribution is -2.26. The van der Waals surface area contributed by atoms with Crippen molar-refractivity contribution in [2.75, 3.05) is 12.4 Å². The van der Waals surface area contributed by atoms with Gasteiger partial charge >= 0.3 is 0 Å². The Kier molecular flexibility index (Phi) is 5.29. The molecule has 5 rings (SSSR count). The lowest BCUT2D eigenvalue weighted by atomic mass is 9.72. The second-order valence-corrected chi connectivity index (χ2v) is 11.0. The molecule has 0 unspecified atom stereocenters. The topological polar surface area (TPSA) is 88.1 Å². The van der Waals surface area contributed by atoms with E-state index in [0.29, 0.717) is 34.4 Å². The molecule has 0 fully saturated rings. The molecule has 2 heterocycles. The van der Waals surface area contributed by atoms with Crippen LogP contribution in [0.5, 0.6) is 5.75 Å². The molecule has 6 nitrogen and oxygen atoms in total. The Hall–Kier alpha value is -3.11. The third-order valence-electron chi connectivity index (χ3n) is 7.03. The van der Waals surface area contributed by atoms with Crippen molar-refractivity contribution in [1.29, 1.82) is 5.26 Å². The van der Waals surface area contributed by atoms with Crippen molar-refractivity contribution in [3.63, 3.8) is 0 Å². The second-order valence-electron chi connectivity index (χ2n) is 9.94. The van der Waals surface area contributed by atoms with Gasteiger partial charge in [0.2, 0.25) is 0 Å². The highest BCUT2D eigenvalue weighted by atomic mass is 32.1. The van der Waals surface area contributed by atoms with Crippen LogP contribution in [0.1, 0.15) is 64.8 Å². The molecule has 0 saturated heterocycles. The zero-order valence-corrected chi connectivity index (χ0v) is 20.2. The van der Waals surface area contributed by atoms with E-state index >= 15 is 0 Å². The van der Waals surface area contributed by atoms with Gasteiger partial charge in [-0.25, -0.2) is 0 Å². The lowest BCUT2D eigenvalue weighted by molar-refractivity contribution is 0.101. The molecule has 0 aliphatic heterocycles. The fourth-order valence-corrected chi connectivity index (χ4v) is 6.28. The minimum absolute atomic E-state index is 0.220. The molecular formula is C26H27N3O3S. The number of aryl methyl sites for hydroxylation is 1. The van der Waals surface area contributed by atoms with Gasteiger partial charge in [-0.05, 0) is 72.8 Å². The van der Waals surface area contributed by atoms with Crippen molar-refractivity contribution in [3.05, 3.63) is 51.0 Å². The van der Waals surface area contributed by atoms with E-state index in [1.807, 2.05) is 18.2 Å². The van der Waals surface area contributed by atoms with E-state index in [0.717, 1.165) is 53.7 Å². The van der Waals surface area contributed by atoms with Crippen LogP contribution in [0.2, 0.25) is 0 Å². The largest absolute Gasteiger partial charge is 0.497 e. The quantitative estimate of drug-likeness (QED) is 0.534. The fraction of sp³-hybridized carbons (Fsp3) is 0.423. The van der Waals surface area contributed by atoms with Crippen molar-refractivity contribution in [3.8, 4) is 23.1 Å². The summed E-state index contributed by atoms with van der Waals surface area (Å²) in [6, 6.07) is 8.17. The van der Waals surface area contributed by atoms with Crippen LogP contribution in [0.15, 0.2) is 22.7 Å². The Balaban J connectivity index is 1.43. The molecule has 2 aromatic heterocycles. The van der Waals surface area contributed by atoms with Gasteiger partial charge in [-0.2, -0.15) is 5.26 Å². The normalized spacial score (nSPS) is 16.9. The molecule has 2 aliphatic rings. The number of hydrogen-bond acceptors (Lipinski definition) is 6. The zero-order chi connectivity index (χ0) is 23.3. The third-order valence-corrected chi connectivity index (χ3v) is 8.20. The molecule has 0 spiro atoms. The number of nitrogens with one attached hydrogen (secondary N) is 1. The van der Waals surface area contributed by atoms with Crippen molar-refractivity contribution in [2.24, 2.45) is 11.3 Å². The zero-order valence-electron chi connectivity index (χ0n) is 19.4. The van der Waals surface area contributed by atoms with Gasteiger partial charge in [0.15, 0.2) is 11.5 Å². The minimum Gasteiger partial charge on any atom is -0.497 e. The number of fused-ring (bicyclic) bond motifs is 4. The number of amides is 1. The van der Waals surface area contributed by atoms with Gasteiger partial charge in [0, 0.05) is 16.0 Å². The first-order valence-corrected chi connectivity index (χ1v) is 12.1. The summed E-state index contributed by atoms with van der Waals surface area (Å²) < 4.78 is 10.9. The van der Waals surface area contributed by atoms with Gasteiger partial charge in [-0.3, -0.25) is 4.79 Å². The number of hydrogen-bond donors (Lipinski definition) is 1. The maximum Gasteiger partial charge on any atom is 0.278 e. The number of carbonyl (C=O) groups excluding carboxylic acids is 1. The molecule has 2 aliphatic carbocycles. The number of nitriles is 1. The number of thiophene rings is 1. The van der Waals surface area contributed by atoms with E-state index in [1.54, 1.807) is 7.11 Å². The van der Waals surface area contributed by atoms with Crippen LogP contribution < -0.4 is 10.1 Å². The van der Waals surface area contributed by atoms with E-state index < -0.39 is 0 Å². The van der Waals surface area contributed by atoms with Crippen LogP contribution in [0.25, 0.3) is 11.3 Å². The molecule has 1 N–H and O–H groups in total. The minimum atomic E-state index is -0.320. The maximum absolute atomic E-state index is 13.2. The number of methoxy groups -OCH3 is 1. The van der Waals surface area contributed by atoms with E-state index in [-0.39, 0.29) is 11.3 Å². The Morgan fingerprint density at radius 1 is 1.27 bits per heavy atom. The molecule has 3 aromatic rings. The molecule has 1 aromatic carbocycles. The smallest absolute Gasteiger partial charge is 0.278 e. The van der Waals surface area contributed by atoms with Crippen molar-refractivity contribution in [2.45, 2.75) is 52.9 Å². The maximum atomic E-state index is 13.2. The molecular weight excluding hydrogens is 434 g/mol. The van der Waals surface area contributed by atoms with Crippen LogP contribution >= 0.6 is 11.3 Å². The highest BCUT2D eigenvalue weighted by Crippen LogP contribution is 2.44. The van der Waals surface area contributed by atoms with Crippen LogP contribution in [-0.4, -0.2) is 18.2 Å². The summed E-state index contributed by atoms with van der Waals surface area (Å²) in [5.41, 5.74) is 5.11. The average molecular weight is 462 g/mol. The molecule has 170 valence electrons. The summed E-state index contributed by atoms with van der Waals surface area (Å²) in [5, 5.41) is 17.6. The van der Waals surface area contributed by atoms with E-state index in [1.165, 1.54) is 16.2 Å². The van der Waals surface area contributed by atoms with Crippen LogP contribution in [0.4, 0.5) is 5.00 Å². The summed E-state index contributed by atoms with van der Waals surface area (Å²) in [6.07, 6.45) is 4.35. The Bertz CT molecular complexity index is 1290. The molecule has 1 atom stereocenters. The summed E-state index contributed by atoms with van der Waals surface area (Å²) in [6.45, 7) is 6.81. The number of rotatable bonds is 3. The summed E-state index contributed by atoms with van der Waals surface area (Å²) in [4.78, 5) is 14.4. The van der Waals surface area contributed by atoms with Crippen molar-refractivity contribution in [1.82, 2.24) is 5.16 Å². The van der Waals surface area contributed by atoms with Gasteiger partial charge in [-0.1, -0.05) is 25.9 Å². The van der Waals surface area contributed by atoms with Crippen LogP contribution in [0, 0.1) is 22.7 Å². The monoisotopic (exact) mass is 461 g/mol. The van der Waals surface area contributed by atoms with Crippen molar-refractivity contribution < 1.29 is 14.1 Å². The highest BCUT2D eigenvalue weighted by Gasteiger charge is 2.33. The van der Waals surface area contributed by atoms with E-state index in [9.17, 15) is 10.1 Å². The molecule has 0 radical (unpaired) electrons. The van der Waals surface area contributed by atoms with Gasteiger partial charge in [0.25, 0.3) is 5.91 Å². The third kappa shape index (κ3) is 3.72. The number of benzene rings is 1. The highest BCUT2D eigenvalue weighted by molar-refractivity contribution is 7.16. The Morgan fingerprint density at radius 3 is 2.82 bits per heavy atom. The Morgan fingerprint density at radius 2 is 2.09 bits per heavy atom. The molecule has 0 saturated carbocycles. The van der Waals surface area contributed by atoms with Crippen molar-refractivity contribution >= 4 is 22.2 Å². The molecule has 7 heteroatoms. The van der Waals surface area contributed by atoms with Gasteiger partial charge in [0.05, 0.1) is 12.7 Å². The first kappa shape index (κ1) is 21.7. The predicted octanol–water partition coefficient (Wildman–Crippen LogP) is 5.79. The van der Waals surface area contributed by atoms with Gasteiger partial charge in [-0.15, -0.1) is 11.3 Å². The first-order valence-electron chi connectivity index (χ1n) is 11.3. The Labute approximate surface area is 197 Å². The molecule has 0 bridgehead atoms. The summed E-state index contributed by atoms with van der Waals surface area (Å²) >= 11 is 1.54. The predicted molar refractivity (Wildman–Crippen MR) is 128 cm³/mol. The van der Waals surface area contributed by atoms with E-state index in [4.69, 9.17) is 9.26 Å². The molecule has 33 heavy (non-hydrogen) atoms. The summed E-state index contributed by atoms with van der Waals surface area (Å²) in [7, 11) is 1.65. The van der Waals surface area contributed by atoms with Gasteiger partial charge in [0.1, 0.15) is 16.8 Å². The average Bonchev–Trinajstić information content (AvgIpc) is 3.38. The standard InChI is InChI=1S/C26H27N3O3S/c1-26(2,3)15-6-9-18-20(13-27)25(33-21(18)12-15)28-24(30)22-19-8-5-14-11-16(31-4)7-10-17(14)23(19)32-29-22/h7,10-11,15H,5-6,8-9,12H2,1-4H3,(H,28,30)/t15-/m1/s1. The first-order chi connectivity index (χ1) is 15.8. The number of anilines is 1. The number of nitrogens with zero attached hydrogens (tertiary/aromatic N) is 2. The number of aromatic nitrogens is 1. The molecule has 1 amide bonds. The van der Waals surface area contributed by atoms with Crippen LogP contribution in [0.3, 0.4) is 0 Å². The second kappa shape index (κ2) is 8.03. The summed E-state index contributed by atoms with van der Waals surface area (Å²) in [5.74, 6) is 1.69. The van der Waals surface area contributed by atoms with E-state index in [2.05, 4.69) is 37.3 Å². The number of carbonyl (C=O) groups is 1. The van der Waals surface area contributed by atoms with Gasteiger partial charge < -0.3 is 14.6 Å². The van der Waals surface area contributed by atoms with Crippen LogP contribution in [-0.2, 0) is 25.7 Å². The fourth-order valence-electron chi connectivity index (χ4n) is 5.01. The number of ether oxygens (including phenoxy) is 1.